The van der Waals surface area contributed by atoms with Gasteiger partial charge >= 0.3 is 6.36 Å². The van der Waals surface area contributed by atoms with Crippen LogP contribution in [0.25, 0.3) is 11.1 Å². The maximum absolute atomic E-state index is 12.2. The molecule has 100 valence electrons. The topological polar surface area (TPSA) is 44.1 Å². The van der Waals surface area contributed by atoms with Gasteiger partial charge in [-0.05, 0) is 17.7 Å². The van der Waals surface area contributed by atoms with Gasteiger partial charge < -0.3 is 4.74 Å². The van der Waals surface area contributed by atoms with E-state index < -0.39 is 12.1 Å². The van der Waals surface area contributed by atoms with Crippen molar-refractivity contribution in [1.82, 2.24) is 9.78 Å². The van der Waals surface area contributed by atoms with E-state index in [4.69, 9.17) is 0 Å². The van der Waals surface area contributed by atoms with Gasteiger partial charge in [-0.1, -0.05) is 6.07 Å². The van der Waals surface area contributed by atoms with Crippen LogP contribution in [0.5, 0.6) is 5.75 Å². The lowest BCUT2D eigenvalue weighted by molar-refractivity contribution is -0.274. The number of hydrogen-bond donors (Lipinski definition) is 0. The second kappa shape index (κ2) is 4.75. The van der Waals surface area contributed by atoms with Gasteiger partial charge in [-0.2, -0.15) is 5.10 Å². The Morgan fingerprint density at radius 1 is 1.32 bits per heavy atom. The van der Waals surface area contributed by atoms with Crippen LogP contribution in [-0.2, 0) is 7.05 Å². The van der Waals surface area contributed by atoms with Gasteiger partial charge in [0.25, 0.3) is 0 Å². The van der Waals surface area contributed by atoms with E-state index in [1.54, 1.807) is 13.2 Å². The van der Waals surface area contributed by atoms with Crippen molar-refractivity contribution in [3.8, 4) is 16.9 Å². The Hall–Kier alpha value is -2.31. The van der Waals surface area contributed by atoms with Crippen molar-refractivity contribution in [1.29, 1.82) is 0 Å². The van der Waals surface area contributed by atoms with Crippen LogP contribution in [0.3, 0.4) is 0 Å². The number of aldehydes is 1. The largest absolute Gasteiger partial charge is 0.573 e. The highest BCUT2D eigenvalue weighted by Gasteiger charge is 2.32. The maximum atomic E-state index is 12.2. The van der Waals surface area contributed by atoms with Gasteiger partial charge in [-0.3, -0.25) is 9.48 Å². The summed E-state index contributed by atoms with van der Waals surface area (Å²) in [5, 5.41) is 3.92. The minimum atomic E-state index is -4.84. The van der Waals surface area contributed by atoms with E-state index in [2.05, 4.69) is 9.84 Å². The minimum absolute atomic E-state index is 0.162. The van der Waals surface area contributed by atoms with E-state index in [0.29, 0.717) is 17.4 Å². The summed E-state index contributed by atoms with van der Waals surface area (Å²) in [4.78, 5) is 10.7. The van der Waals surface area contributed by atoms with Crippen molar-refractivity contribution in [3.05, 3.63) is 36.2 Å². The molecule has 1 aromatic carbocycles. The zero-order valence-corrected chi connectivity index (χ0v) is 9.81. The molecular formula is C12H9F3N2O2. The summed E-state index contributed by atoms with van der Waals surface area (Å²) in [6, 6.07) is 3.97. The van der Waals surface area contributed by atoms with Crippen molar-refractivity contribution in [2.45, 2.75) is 6.36 Å². The Kier molecular flexibility index (Phi) is 3.28. The zero-order chi connectivity index (χ0) is 14.0. The Labute approximate surface area is 106 Å². The number of halogens is 3. The lowest BCUT2D eigenvalue weighted by Gasteiger charge is -2.11. The fraction of sp³-hybridized carbons (Fsp3) is 0.167. The van der Waals surface area contributed by atoms with Crippen molar-refractivity contribution < 1.29 is 22.7 Å². The number of nitrogens with zero attached hydrogens (tertiary/aromatic N) is 2. The number of benzene rings is 1. The highest BCUT2D eigenvalue weighted by Crippen LogP contribution is 2.30. The summed E-state index contributed by atoms with van der Waals surface area (Å²) in [6.45, 7) is 0. The number of alkyl halides is 3. The summed E-state index contributed by atoms with van der Waals surface area (Å²) in [5.74, 6) is -0.524. The maximum Gasteiger partial charge on any atom is 0.573 e. The van der Waals surface area contributed by atoms with Gasteiger partial charge in [0.2, 0.25) is 0 Å². The first kappa shape index (κ1) is 13.1. The Morgan fingerprint density at radius 3 is 2.58 bits per heavy atom. The van der Waals surface area contributed by atoms with E-state index in [9.17, 15) is 18.0 Å². The predicted octanol–water partition coefficient (Wildman–Crippen LogP) is 2.80. The zero-order valence-electron chi connectivity index (χ0n) is 9.81. The summed E-state index contributed by atoms with van der Waals surface area (Å²) >= 11 is 0. The molecule has 0 fully saturated rings. The number of aryl methyl sites for hydroxylation is 1. The molecule has 0 aliphatic rings. The standard InChI is InChI=1S/C12H9F3N2O2/c1-17-6-10(5-16-17)8-2-3-9(7-18)11(4-8)19-12(13,14)15/h2-7H,1H3. The number of aromatic nitrogens is 2. The first-order valence-electron chi connectivity index (χ1n) is 5.23. The molecule has 0 bridgehead atoms. The van der Waals surface area contributed by atoms with E-state index in [1.165, 1.54) is 23.0 Å². The molecule has 0 N–H and O–H groups in total. The first-order valence-corrected chi connectivity index (χ1v) is 5.23. The minimum Gasteiger partial charge on any atom is -0.405 e. The second-order valence-corrected chi connectivity index (χ2v) is 3.82. The highest BCUT2D eigenvalue weighted by atomic mass is 19.4. The molecule has 0 unspecified atom stereocenters. The molecule has 1 heterocycles. The van der Waals surface area contributed by atoms with Crippen LogP contribution in [0, 0.1) is 0 Å². The van der Waals surface area contributed by atoms with Crippen LogP contribution in [0.4, 0.5) is 13.2 Å². The third kappa shape index (κ3) is 3.12. The SMILES string of the molecule is Cn1cc(-c2ccc(C=O)c(OC(F)(F)F)c2)cn1. The number of hydrogen-bond acceptors (Lipinski definition) is 3. The smallest absolute Gasteiger partial charge is 0.405 e. The lowest BCUT2D eigenvalue weighted by Crippen LogP contribution is -2.18. The van der Waals surface area contributed by atoms with Crippen molar-refractivity contribution in [2.24, 2.45) is 7.05 Å². The van der Waals surface area contributed by atoms with Crippen LogP contribution in [-0.4, -0.2) is 22.4 Å². The van der Waals surface area contributed by atoms with Crippen LogP contribution < -0.4 is 4.74 Å². The van der Waals surface area contributed by atoms with Crippen molar-refractivity contribution in [3.63, 3.8) is 0 Å². The molecule has 0 aliphatic carbocycles. The summed E-state index contributed by atoms with van der Waals surface area (Å²) in [6.07, 6.45) is -1.38. The molecule has 0 saturated carbocycles. The van der Waals surface area contributed by atoms with Gasteiger partial charge in [0.1, 0.15) is 5.75 Å². The molecule has 0 saturated heterocycles. The molecule has 19 heavy (non-hydrogen) atoms. The number of carbonyl (C=O) groups is 1. The number of carbonyl (C=O) groups excluding carboxylic acids is 1. The average molecular weight is 270 g/mol. The van der Waals surface area contributed by atoms with Gasteiger partial charge in [0.05, 0.1) is 11.8 Å². The van der Waals surface area contributed by atoms with Crippen LogP contribution >= 0.6 is 0 Å². The van der Waals surface area contributed by atoms with E-state index in [1.807, 2.05) is 0 Å². The molecule has 2 aromatic rings. The van der Waals surface area contributed by atoms with E-state index in [-0.39, 0.29) is 5.56 Å². The molecule has 0 atom stereocenters. The molecule has 0 aliphatic heterocycles. The Morgan fingerprint density at radius 2 is 2.05 bits per heavy atom. The first-order chi connectivity index (χ1) is 8.89. The van der Waals surface area contributed by atoms with Crippen LogP contribution in [0.15, 0.2) is 30.6 Å². The molecule has 7 heteroatoms. The van der Waals surface area contributed by atoms with Crippen molar-refractivity contribution >= 4 is 6.29 Å². The summed E-state index contributed by atoms with van der Waals surface area (Å²) in [7, 11) is 1.69. The quantitative estimate of drug-likeness (QED) is 0.805. The monoisotopic (exact) mass is 270 g/mol. The van der Waals surface area contributed by atoms with Gasteiger partial charge in [-0.25, -0.2) is 0 Å². The van der Waals surface area contributed by atoms with Crippen LogP contribution in [0.1, 0.15) is 10.4 Å². The molecule has 0 radical (unpaired) electrons. The normalized spacial score (nSPS) is 11.4. The van der Waals surface area contributed by atoms with Gasteiger partial charge in [-0.15, -0.1) is 13.2 Å². The third-order valence-corrected chi connectivity index (χ3v) is 2.40. The van der Waals surface area contributed by atoms with Crippen molar-refractivity contribution in [2.75, 3.05) is 0 Å². The molecule has 2 rings (SSSR count). The highest BCUT2D eigenvalue weighted by molar-refractivity contribution is 5.81. The summed E-state index contributed by atoms with van der Waals surface area (Å²) in [5.41, 5.74) is 0.954. The Bertz CT molecular complexity index is 605. The third-order valence-electron chi connectivity index (χ3n) is 2.40. The number of rotatable bonds is 3. The van der Waals surface area contributed by atoms with Crippen LogP contribution in [0.2, 0.25) is 0 Å². The van der Waals surface area contributed by atoms with E-state index >= 15 is 0 Å². The Balaban J connectivity index is 2.43. The fourth-order valence-electron chi connectivity index (χ4n) is 1.59. The lowest BCUT2D eigenvalue weighted by atomic mass is 10.1. The van der Waals surface area contributed by atoms with E-state index in [0.717, 1.165) is 6.07 Å². The summed E-state index contributed by atoms with van der Waals surface area (Å²) < 4.78 is 42.1. The molecule has 0 spiro atoms. The number of ether oxygens (including phenoxy) is 1. The average Bonchev–Trinajstić information content (AvgIpc) is 2.74. The molecular weight excluding hydrogens is 261 g/mol. The second-order valence-electron chi connectivity index (χ2n) is 3.82. The van der Waals surface area contributed by atoms with Gasteiger partial charge in [0, 0.05) is 18.8 Å². The molecule has 1 aromatic heterocycles. The fourth-order valence-corrected chi connectivity index (χ4v) is 1.59. The molecule has 0 amide bonds. The predicted molar refractivity (Wildman–Crippen MR) is 60.7 cm³/mol. The van der Waals surface area contributed by atoms with Gasteiger partial charge in [0.15, 0.2) is 6.29 Å². The molecule has 4 nitrogen and oxygen atoms in total.